The van der Waals surface area contributed by atoms with Gasteiger partial charge in [0.1, 0.15) is 0 Å². The highest BCUT2D eigenvalue weighted by atomic mass is 16.5. The number of hydrogen-bond acceptors (Lipinski definition) is 3. The molecule has 5 heteroatoms. The van der Waals surface area contributed by atoms with Crippen LogP contribution in [-0.2, 0) is 14.3 Å². The zero-order chi connectivity index (χ0) is 13.0. The molecule has 102 valence electrons. The van der Waals surface area contributed by atoms with Crippen LogP contribution >= 0.6 is 0 Å². The lowest BCUT2D eigenvalue weighted by atomic mass is 10.0. The van der Waals surface area contributed by atoms with Crippen molar-refractivity contribution < 1.29 is 19.4 Å². The molecule has 2 fully saturated rings. The van der Waals surface area contributed by atoms with Crippen LogP contribution in [0.4, 0.5) is 0 Å². The molecule has 2 rings (SSSR count). The molecular formula is C13H21NO4. The summed E-state index contributed by atoms with van der Waals surface area (Å²) in [7, 11) is 0. The summed E-state index contributed by atoms with van der Waals surface area (Å²) in [5, 5.41) is 8.88. The maximum atomic E-state index is 12.0. The van der Waals surface area contributed by atoms with E-state index in [0.29, 0.717) is 25.5 Å². The Hall–Kier alpha value is -1.10. The molecule has 1 heterocycles. The Labute approximate surface area is 107 Å². The minimum atomic E-state index is -0.983. The lowest BCUT2D eigenvalue weighted by molar-refractivity contribution is -0.159. The van der Waals surface area contributed by atoms with Crippen molar-refractivity contribution in [2.45, 2.75) is 44.6 Å². The largest absolute Gasteiger partial charge is 0.479 e. The van der Waals surface area contributed by atoms with Gasteiger partial charge in [-0.05, 0) is 12.3 Å². The highest BCUT2D eigenvalue weighted by Crippen LogP contribution is 2.28. The molecule has 1 aliphatic carbocycles. The quantitative estimate of drug-likeness (QED) is 0.821. The van der Waals surface area contributed by atoms with Gasteiger partial charge in [-0.3, -0.25) is 4.79 Å². The van der Waals surface area contributed by atoms with E-state index in [4.69, 9.17) is 9.84 Å². The van der Waals surface area contributed by atoms with Gasteiger partial charge in [0.05, 0.1) is 13.2 Å². The van der Waals surface area contributed by atoms with Crippen molar-refractivity contribution in [3.63, 3.8) is 0 Å². The van der Waals surface area contributed by atoms with Crippen LogP contribution in [0.5, 0.6) is 0 Å². The van der Waals surface area contributed by atoms with Gasteiger partial charge in [-0.1, -0.05) is 25.7 Å². The zero-order valence-corrected chi connectivity index (χ0v) is 10.6. The molecule has 0 spiro atoms. The number of nitrogens with zero attached hydrogens (tertiary/aromatic N) is 1. The molecular weight excluding hydrogens is 234 g/mol. The van der Waals surface area contributed by atoms with E-state index in [0.717, 1.165) is 6.42 Å². The summed E-state index contributed by atoms with van der Waals surface area (Å²) in [4.78, 5) is 24.5. The number of carbonyl (C=O) groups excluding carboxylic acids is 1. The number of carboxylic acid groups (broad SMARTS) is 1. The summed E-state index contributed by atoms with van der Waals surface area (Å²) in [5.74, 6) is -0.204. The van der Waals surface area contributed by atoms with Crippen molar-refractivity contribution in [1.29, 1.82) is 0 Å². The highest BCUT2D eigenvalue weighted by molar-refractivity contribution is 5.78. The van der Waals surface area contributed by atoms with Crippen LogP contribution < -0.4 is 0 Å². The molecule has 2 aliphatic rings. The summed E-state index contributed by atoms with van der Waals surface area (Å²) in [6.45, 7) is 1.04. The Morgan fingerprint density at radius 1 is 1.28 bits per heavy atom. The molecule has 0 bridgehead atoms. The molecule has 1 amide bonds. The second-order valence-electron chi connectivity index (χ2n) is 5.23. The molecule has 1 saturated carbocycles. The molecule has 1 atom stereocenters. The van der Waals surface area contributed by atoms with Gasteiger partial charge in [-0.2, -0.15) is 0 Å². The second-order valence-corrected chi connectivity index (χ2v) is 5.23. The average molecular weight is 255 g/mol. The molecule has 5 nitrogen and oxygen atoms in total. The van der Waals surface area contributed by atoms with Gasteiger partial charge >= 0.3 is 5.97 Å². The lowest BCUT2D eigenvalue weighted by Gasteiger charge is -2.31. The molecule has 0 aromatic rings. The summed E-state index contributed by atoms with van der Waals surface area (Å²) >= 11 is 0. The molecule has 18 heavy (non-hydrogen) atoms. The van der Waals surface area contributed by atoms with E-state index in [2.05, 4.69) is 0 Å². The topological polar surface area (TPSA) is 66.8 Å². The number of hydrogen-bond donors (Lipinski definition) is 1. The van der Waals surface area contributed by atoms with Gasteiger partial charge in [0.25, 0.3) is 0 Å². The van der Waals surface area contributed by atoms with Gasteiger partial charge < -0.3 is 14.7 Å². The fourth-order valence-electron chi connectivity index (χ4n) is 2.81. The van der Waals surface area contributed by atoms with E-state index in [1.165, 1.54) is 25.7 Å². The summed E-state index contributed by atoms with van der Waals surface area (Å²) < 4.78 is 5.10. The molecule has 1 saturated heterocycles. The molecule has 0 radical (unpaired) electrons. The molecule has 1 N–H and O–H groups in total. The van der Waals surface area contributed by atoms with Crippen molar-refractivity contribution in [3.05, 3.63) is 0 Å². The fourth-order valence-corrected chi connectivity index (χ4v) is 2.81. The van der Waals surface area contributed by atoms with Crippen LogP contribution in [0.2, 0.25) is 0 Å². The van der Waals surface area contributed by atoms with E-state index >= 15 is 0 Å². The Balaban J connectivity index is 1.75. The first kappa shape index (κ1) is 13.3. The monoisotopic (exact) mass is 255 g/mol. The molecule has 0 aromatic heterocycles. The number of amides is 1. The molecule has 1 unspecified atom stereocenters. The van der Waals surface area contributed by atoms with Crippen molar-refractivity contribution in [3.8, 4) is 0 Å². The number of rotatable bonds is 4. The van der Waals surface area contributed by atoms with Crippen LogP contribution in [0.1, 0.15) is 38.5 Å². The number of ether oxygens (including phenoxy) is 1. The Morgan fingerprint density at radius 2 is 2.00 bits per heavy atom. The van der Waals surface area contributed by atoms with E-state index in [1.807, 2.05) is 0 Å². The second kappa shape index (κ2) is 6.18. The van der Waals surface area contributed by atoms with E-state index < -0.39 is 12.1 Å². The Bertz CT molecular complexity index is 312. The highest BCUT2D eigenvalue weighted by Gasteiger charge is 2.29. The van der Waals surface area contributed by atoms with Gasteiger partial charge in [0.15, 0.2) is 6.10 Å². The van der Waals surface area contributed by atoms with Gasteiger partial charge in [0.2, 0.25) is 5.91 Å². The number of morpholine rings is 1. The number of aliphatic carboxylic acids is 1. The number of carboxylic acids is 1. The number of carbonyl (C=O) groups is 2. The fraction of sp³-hybridized carbons (Fsp3) is 0.846. The smallest absolute Gasteiger partial charge is 0.334 e. The van der Waals surface area contributed by atoms with Gasteiger partial charge in [-0.15, -0.1) is 0 Å². The average Bonchev–Trinajstić information content (AvgIpc) is 2.89. The minimum absolute atomic E-state index is 0.0800. The van der Waals surface area contributed by atoms with E-state index in [-0.39, 0.29) is 12.5 Å². The maximum Gasteiger partial charge on any atom is 0.334 e. The van der Waals surface area contributed by atoms with E-state index in [9.17, 15) is 9.59 Å². The third kappa shape index (κ3) is 3.45. The first-order valence-electron chi connectivity index (χ1n) is 6.79. The Morgan fingerprint density at radius 3 is 2.67 bits per heavy atom. The molecule has 1 aliphatic heterocycles. The Kier molecular flexibility index (Phi) is 4.58. The van der Waals surface area contributed by atoms with Gasteiger partial charge in [0, 0.05) is 13.0 Å². The van der Waals surface area contributed by atoms with Crippen LogP contribution in [0.25, 0.3) is 0 Å². The summed E-state index contributed by atoms with van der Waals surface area (Å²) in [6, 6.07) is 0. The summed E-state index contributed by atoms with van der Waals surface area (Å²) in [6.07, 6.45) is 5.72. The third-order valence-corrected chi connectivity index (χ3v) is 3.94. The van der Waals surface area contributed by atoms with Crippen molar-refractivity contribution in [1.82, 2.24) is 4.90 Å². The van der Waals surface area contributed by atoms with Gasteiger partial charge in [-0.25, -0.2) is 4.79 Å². The van der Waals surface area contributed by atoms with Crippen LogP contribution in [0.3, 0.4) is 0 Å². The predicted octanol–water partition coefficient (Wildman–Crippen LogP) is 1.27. The first-order chi connectivity index (χ1) is 8.66. The minimum Gasteiger partial charge on any atom is -0.479 e. The normalized spacial score (nSPS) is 25.3. The lowest BCUT2D eigenvalue weighted by Crippen LogP contribution is -2.48. The third-order valence-electron chi connectivity index (χ3n) is 3.94. The zero-order valence-electron chi connectivity index (χ0n) is 10.6. The van der Waals surface area contributed by atoms with Crippen LogP contribution in [-0.4, -0.2) is 47.7 Å². The predicted molar refractivity (Wildman–Crippen MR) is 65.1 cm³/mol. The van der Waals surface area contributed by atoms with Crippen LogP contribution in [0.15, 0.2) is 0 Å². The van der Waals surface area contributed by atoms with E-state index in [1.54, 1.807) is 4.90 Å². The van der Waals surface area contributed by atoms with Crippen LogP contribution in [0, 0.1) is 5.92 Å². The maximum absolute atomic E-state index is 12.0. The van der Waals surface area contributed by atoms with Crippen molar-refractivity contribution in [2.75, 3.05) is 19.7 Å². The van der Waals surface area contributed by atoms with Crippen molar-refractivity contribution in [2.24, 2.45) is 5.92 Å². The standard InChI is InChI=1S/C13H21NO4/c15-12(6-5-10-3-1-2-4-10)14-7-8-18-11(9-14)13(16)17/h10-11H,1-9H2,(H,16,17). The SMILES string of the molecule is O=C(O)C1CN(C(=O)CCC2CCCC2)CCO1. The summed E-state index contributed by atoms with van der Waals surface area (Å²) in [5.41, 5.74) is 0. The van der Waals surface area contributed by atoms with Crippen molar-refractivity contribution >= 4 is 11.9 Å². The first-order valence-corrected chi connectivity index (χ1v) is 6.79. The molecule has 0 aromatic carbocycles.